The van der Waals surface area contributed by atoms with Crippen LogP contribution < -0.4 is 5.32 Å². The highest BCUT2D eigenvalue weighted by Gasteiger charge is 2.33. The van der Waals surface area contributed by atoms with E-state index in [1.807, 2.05) is 10.8 Å². The van der Waals surface area contributed by atoms with Gasteiger partial charge in [-0.15, -0.1) is 0 Å². The lowest BCUT2D eigenvalue weighted by atomic mass is 9.98. The van der Waals surface area contributed by atoms with Crippen LogP contribution in [0.15, 0.2) is 12.3 Å². The maximum atomic E-state index is 14.4. The third kappa shape index (κ3) is 2.98. The van der Waals surface area contributed by atoms with E-state index >= 15 is 0 Å². The molecular formula is C19H22F2N2O2. The summed E-state index contributed by atoms with van der Waals surface area (Å²) in [6.45, 7) is 5.94. The molecule has 25 heavy (non-hydrogen) atoms. The fraction of sp³-hybridized carbons (Fsp3) is 0.526. The van der Waals surface area contributed by atoms with Gasteiger partial charge in [-0.25, -0.2) is 13.6 Å². The number of nitrogens with zero attached hydrogens (tertiary/aromatic N) is 1. The molecule has 1 aromatic carbocycles. The lowest BCUT2D eigenvalue weighted by molar-refractivity contribution is 0.0498. The van der Waals surface area contributed by atoms with Crippen molar-refractivity contribution in [3.05, 3.63) is 35.0 Å². The molecule has 1 aliphatic heterocycles. The van der Waals surface area contributed by atoms with E-state index in [-0.39, 0.29) is 6.04 Å². The molecule has 4 rings (SSSR count). The summed E-state index contributed by atoms with van der Waals surface area (Å²) in [5, 5.41) is 3.27. The largest absolute Gasteiger partial charge is 0.444 e. The molecule has 2 aromatic rings. The molecule has 1 N–H and O–H groups in total. The lowest BCUT2D eigenvalue weighted by Crippen LogP contribution is -2.43. The van der Waals surface area contributed by atoms with E-state index in [0.29, 0.717) is 24.3 Å². The molecule has 4 nitrogen and oxygen atoms in total. The first kappa shape index (κ1) is 16.4. The van der Waals surface area contributed by atoms with Gasteiger partial charge in [-0.05, 0) is 63.1 Å². The van der Waals surface area contributed by atoms with Crippen LogP contribution in [0.4, 0.5) is 13.6 Å². The van der Waals surface area contributed by atoms with Crippen molar-refractivity contribution in [1.29, 1.82) is 0 Å². The van der Waals surface area contributed by atoms with Crippen molar-refractivity contribution in [2.75, 3.05) is 0 Å². The summed E-state index contributed by atoms with van der Waals surface area (Å²) in [7, 11) is 0. The number of nitrogens with one attached hydrogen (secondary N) is 1. The van der Waals surface area contributed by atoms with Crippen LogP contribution >= 0.6 is 0 Å². The van der Waals surface area contributed by atoms with Crippen molar-refractivity contribution in [2.24, 2.45) is 0 Å². The van der Waals surface area contributed by atoms with Gasteiger partial charge < -0.3 is 14.6 Å². The third-order valence-corrected chi connectivity index (χ3v) is 4.76. The van der Waals surface area contributed by atoms with Crippen molar-refractivity contribution in [3.8, 4) is 0 Å². The van der Waals surface area contributed by atoms with E-state index in [9.17, 15) is 13.6 Å². The summed E-state index contributed by atoms with van der Waals surface area (Å²) < 4.78 is 35.8. The Balaban J connectivity index is 1.66. The zero-order valence-corrected chi connectivity index (χ0v) is 14.7. The molecule has 0 bridgehead atoms. The Kier molecular flexibility index (Phi) is 3.56. The number of carbonyl (C=O) groups excluding carboxylic acids is 1. The second kappa shape index (κ2) is 5.44. The Hall–Kier alpha value is -2.11. The van der Waals surface area contributed by atoms with Crippen LogP contribution in [0.3, 0.4) is 0 Å². The normalized spacial score (nSPS) is 20.0. The smallest absolute Gasteiger partial charge is 0.407 e. The van der Waals surface area contributed by atoms with Crippen molar-refractivity contribution in [1.82, 2.24) is 9.88 Å². The minimum atomic E-state index is -0.819. The molecule has 0 spiro atoms. The molecule has 0 radical (unpaired) electrons. The highest BCUT2D eigenvalue weighted by Crippen LogP contribution is 2.46. The summed E-state index contributed by atoms with van der Waals surface area (Å²) in [5.41, 5.74) is 1.81. The topological polar surface area (TPSA) is 43.3 Å². The van der Waals surface area contributed by atoms with Crippen molar-refractivity contribution in [3.63, 3.8) is 0 Å². The maximum Gasteiger partial charge on any atom is 0.407 e. The van der Waals surface area contributed by atoms with Crippen LogP contribution in [0.25, 0.3) is 10.9 Å². The molecule has 1 saturated carbocycles. The fourth-order valence-corrected chi connectivity index (χ4v) is 3.70. The molecule has 2 heterocycles. The first-order chi connectivity index (χ1) is 11.7. The van der Waals surface area contributed by atoms with Gasteiger partial charge in [0.25, 0.3) is 0 Å². The number of amides is 1. The quantitative estimate of drug-likeness (QED) is 0.882. The minimum Gasteiger partial charge on any atom is -0.444 e. The number of hydrogen-bond acceptors (Lipinski definition) is 2. The standard InChI is InChI=1S/C19H22F2N2O2/c1-19(2,3)25-18(24)22-12-6-11-7-14(20)16(21)15-13(10-4-5-10)9-23(8-12)17(11)15/h7,9-10,12H,4-6,8H2,1-3H3,(H,22,24). The van der Waals surface area contributed by atoms with E-state index in [1.165, 1.54) is 6.07 Å². The molecule has 1 unspecified atom stereocenters. The van der Waals surface area contributed by atoms with Crippen molar-refractivity contribution < 1.29 is 18.3 Å². The summed E-state index contributed by atoms with van der Waals surface area (Å²) in [6, 6.07) is 1.04. The zero-order valence-electron chi connectivity index (χ0n) is 14.7. The number of halogens is 2. The number of carbonyl (C=O) groups is 1. The predicted octanol–water partition coefficient (Wildman–Crippen LogP) is 4.25. The number of hydrogen-bond donors (Lipinski definition) is 1. The summed E-state index contributed by atoms with van der Waals surface area (Å²) in [4.78, 5) is 12.0. The van der Waals surface area contributed by atoms with Gasteiger partial charge in [-0.1, -0.05) is 0 Å². The number of benzene rings is 1. The first-order valence-corrected chi connectivity index (χ1v) is 8.72. The molecule has 2 aliphatic rings. The van der Waals surface area contributed by atoms with E-state index < -0.39 is 23.3 Å². The maximum absolute atomic E-state index is 14.4. The molecular weight excluding hydrogens is 326 g/mol. The Morgan fingerprint density at radius 3 is 2.68 bits per heavy atom. The number of ether oxygens (including phenoxy) is 1. The van der Waals surface area contributed by atoms with Gasteiger partial charge in [0.1, 0.15) is 5.60 Å². The second-order valence-electron chi connectivity index (χ2n) is 8.11. The third-order valence-electron chi connectivity index (χ3n) is 4.76. The predicted molar refractivity (Wildman–Crippen MR) is 90.7 cm³/mol. The van der Waals surface area contributed by atoms with Gasteiger partial charge in [0, 0.05) is 18.1 Å². The second-order valence-corrected chi connectivity index (χ2v) is 8.11. The Morgan fingerprint density at radius 2 is 2.04 bits per heavy atom. The summed E-state index contributed by atoms with van der Waals surface area (Å²) in [6.07, 6.45) is 3.93. The van der Waals surface area contributed by atoms with Gasteiger partial charge in [-0.2, -0.15) is 0 Å². The number of rotatable bonds is 2. The van der Waals surface area contributed by atoms with Crippen molar-refractivity contribution >= 4 is 17.0 Å². The Morgan fingerprint density at radius 1 is 1.32 bits per heavy atom. The Labute approximate surface area is 145 Å². The van der Waals surface area contributed by atoms with Crippen LogP contribution in [-0.2, 0) is 17.7 Å². The van der Waals surface area contributed by atoms with Gasteiger partial charge in [0.05, 0.1) is 11.6 Å². The highest BCUT2D eigenvalue weighted by atomic mass is 19.2. The van der Waals surface area contributed by atoms with Gasteiger partial charge in [-0.3, -0.25) is 0 Å². The van der Waals surface area contributed by atoms with E-state index in [1.54, 1.807) is 20.8 Å². The number of alkyl carbamates (subject to hydrolysis) is 1. The van der Waals surface area contributed by atoms with Crippen LogP contribution in [0, 0.1) is 11.6 Å². The molecule has 1 amide bonds. The van der Waals surface area contributed by atoms with E-state index in [0.717, 1.165) is 29.5 Å². The fourth-order valence-electron chi connectivity index (χ4n) is 3.70. The van der Waals surface area contributed by atoms with Gasteiger partial charge in [0.2, 0.25) is 0 Å². The zero-order chi connectivity index (χ0) is 17.9. The molecule has 1 aliphatic carbocycles. The monoisotopic (exact) mass is 348 g/mol. The molecule has 1 aromatic heterocycles. The lowest BCUT2D eigenvalue weighted by Gasteiger charge is -2.27. The minimum absolute atomic E-state index is 0.213. The average Bonchev–Trinajstić information content (AvgIpc) is 3.24. The summed E-state index contributed by atoms with van der Waals surface area (Å²) >= 11 is 0. The molecule has 1 fully saturated rings. The van der Waals surface area contributed by atoms with Crippen LogP contribution in [0.5, 0.6) is 0 Å². The number of aromatic nitrogens is 1. The van der Waals surface area contributed by atoms with Crippen LogP contribution in [-0.4, -0.2) is 22.3 Å². The van der Waals surface area contributed by atoms with Gasteiger partial charge >= 0.3 is 6.09 Å². The van der Waals surface area contributed by atoms with E-state index in [2.05, 4.69) is 5.32 Å². The molecule has 134 valence electrons. The van der Waals surface area contributed by atoms with Crippen LogP contribution in [0.2, 0.25) is 0 Å². The molecule has 0 saturated heterocycles. The van der Waals surface area contributed by atoms with E-state index in [4.69, 9.17) is 4.74 Å². The summed E-state index contributed by atoms with van der Waals surface area (Å²) in [5.74, 6) is -1.25. The Bertz CT molecular complexity index is 863. The molecule has 6 heteroatoms. The van der Waals surface area contributed by atoms with Crippen molar-refractivity contribution in [2.45, 2.75) is 64.1 Å². The highest BCUT2D eigenvalue weighted by molar-refractivity contribution is 5.89. The average molecular weight is 348 g/mol. The van der Waals surface area contributed by atoms with Gasteiger partial charge in [0.15, 0.2) is 11.6 Å². The van der Waals surface area contributed by atoms with Crippen LogP contribution in [0.1, 0.15) is 50.7 Å². The first-order valence-electron chi connectivity index (χ1n) is 8.72. The SMILES string of the molecule is CC(C)(C)OC(=O)NC1Cc2cc(F)c(F)c3c(C4CC4)cn(c23)C1. The molecule has 1 atom stereocenters.